The van der Waals surface area contributed by atoms with Gasteiger partial charge in [0.2, 0.25) is 5.95 Å². The lowest BCUT2D eigenvalue weighted by Crippen LogP contribution is -2.33. The molecule has 1 aliphatic heterocycles. The summed E-state index contributed by atoms with van der Waals surface area (Å²) in [5.41, 5.74) is 9.52. The average molecular weight is 430 g/mol. The number of nitrogens with zero attached hydrogens (tertiary/aromatic N) is 6. The second-order valence-corrected chi connectivity index (χ2v) is 6.68. The highest BCUT2D eigenvalue weighted by molar-refractivity contribution is 5.84. The number of benzene rings is 1. The van der Waals surface area contributed by atoms with Crippen LogP contribution in [0.4, 0.5) is 17.5 Å². The standard InChI is InChI=1S/C17H18N8O6/c18-14-11-15(20-7-19-14)24(16-13(28)12(27)10(6-26)31-16)17(22-11)23-21-5-8-1-3-9(4-2-8)25(29)30/h1-5,7,10,12-13,16,26-28H,6H2,(H,22,23)(H2,18,19,20)/t10-,12-,13-,16-/m1/s1. The number of rotatable bonds is 6. The third kappa shape index (κ3) is 3.75. The van der Waals surface area contributed by atoms with Gasteiger partial charge in [-0.25, -0.2) is 20.4 Å². The number of aliphatic hydroxyl groups excluding tert-OH is 3. The van der Waals surface area contributed by atoms with Crippen LogP contribution in [-0.4, -0.2) is 70.9 Å². The van der Waals surface area contributed by atoms with Crippen molar-refractivity contribution in [3.63, 3.8) is 0 Å². The van der Waals surface area contributed by atoms with Crippen molar-refractivity contribution in [3.8, 4) is 0 Å². The molecule has 1 saturated heterocycles. The van der Waals surface area contributed by atoms with E-state index >= 15 is 0 Å². The first-order valence-electron chi connectivity index (χ1n) is 9.05. The van der Waals surface area contributed by atoms with E-state index < -0.39 is 36.1 Å². The van der Waals surface area contributed by atoms with Crippen molar-refractivity contribution in [1.29, 1.82) is 0 Å². The predicted octanol–water partition coefficient (Wildman–Crippen LogP) is -0.626. The molecular weight excluding hydrogens is 412 g/mol. The zero-order valence-electron chi connectivity index (χ0n) is 15.8. The van der Waals surface area contributed by atoms with Gasteiger partial charge in [0.25, 0.3) is 5.69 Å². The molecule has 3 heterocycles. The van der Waals surface area contributed by atoms with Crippen LogP contribution in [0.1, 0.15) is 11.8 Å². The third-order valence-corrected chi connectivity index (χ3v) is 4.76. The molecule has 3 aromatic rings. The van der Waals surface area contributed by atoms with Crippen molar-refractivity contribution in [2.75, 3.05) is 17.8 Å². The molecule has 0 amide bonds. The summed E-state index contributed by atoms with van der Waals surface area (Å²) in [7, 11) is 0. The number of nitro groups is 1. The Morgan fingerprint density at radius 2 is 2.03 bits per heavy atom. The van der Waals surface area contributed by atoms with Crippen molar-refractivity contribution < 1.29 is 25.0 Å². The minimum atomic E-state index is -1.38. The normalized spacial score (nSPS) is 23.6. The SMILES string of the molecule is Nc1ncnc2c1nc(NN=Cc1ccc([N+](=O)[O-])cc1)n2[C@@H]1O[C@H](CO)[C@@H](O)[C@H]1O. The fourth-order valence-electron chi connectivity index (χ4n) is 3.19. The van der Waals surface area contributed by atoms with E-state index in [1.807, 2.05) is 0 Å². The molecule has 1 fully saturated rings. The van der Waals surface area contributed by atoms with E-state index in [0.717, 1.165) is 0 Å². The van der Waals surface area contributed by atoms with Crippen LogP contribution in [0.3, 0.4) is 0 Å². The number of hydrazone groups is 1. The summed E-state index contributed by atoms with van der Waals surface area (Å²) in [4.78, 5) is 22.5. The molecule has 0 spiro atoms. The van der Waals surface area contributed by atoms with Gasteiger partial charge in [0.1, 0.15) is 24.6 Å². The fraction of sp³-hybridized carbons (Fsp3) is 0.294. The maximum atomic E-state index is 10.7. The minimum absolute atomic E-state index is 0.0506. The second kappa shape index (κ2) is 8.19. The van der Waals surface area contributed by atoms with Gasteiger partial charge < -0.3 is 25.8 Å². The van der Waals surface area contributed by atoms with E-state index in [2.05, 4.69) is 25.5 Å². The number of nitro benzene ring substituents is 1. The smallest absolute Gasteiger partial charge is 0.269 e. The Morgan fingerprint density at radius 3 is 2.68 bits per heavy atom. The highest BCUT2D eigenvalue weighted by Gasteiger charge is 2.45. The Kier molecular flexibility index (Phi) is 5.43. The van der Waals surface area contributed by atoms with Crippen LogP contribution in [0.5, 0.6) is 0 Å². The number of ether oxygens (including phenoxy) is 1. The highest BCUT2D eigenvalue weighted by Crippen LogP contribution is 2.35. The lowest BCUT2D eigenvalue weighted by atomic mass is 10.1. The number of hydrogen-bond acceptors (Lipinski definition) is 12. The number of nitrogens with one attached hydrogen (secondary N) is 1. The number of aliphatic hydroxyl groups is 3. The van der Waals surface area contributed by atoms with Gasteiger partial charge in [0, 0.05) is 12.1 Å². The number of nitrogen functional groups attached to an aromatic ring is 1. The molecule has 14 nitrogen and oxygen atoms in total. The van der Waals surface area contributed by atoms with E-state index in [1.165, 1.54) is 41.4 Å². The first-order valence-corrected chi connectivity index (χ1v) is 9.05. The second-order valence-electron chi connectivity index (χ2n) is 6.68. The highest BCUT2D eigenvalue weighted by atomic mass is 16.6. The lowest BCUT2D eigenvalue weighted by molar-refractivity contribution is -0.384. The van der Waals surface area contributed by atoms with Gasteiger partial charge in [0.15, 0.2) is 23.2 Å². The number of imidazole rings is 1. The summed E-state index contributed by atoms with van der Waals surface area (Å²) in [5.74, 6) is 0.160. The Hall–Kier alpha value is -3.72. The van der Waals surface area contributed by atoms with E-state index in [4.69, 9.17) is 10.5 Å². The molecule has 1 aliphatic rings. The number of fused-ring (bicyclic) bond motifs is 1. The summed E-state index contributed by atoms with van der Waals surface area (Å²) in [5, 5.41) is 44.7. The summed E-state index contributed by atoms with van der Waals surface area (Å²) >= 11 is 0. The summed E-state index contributed by atoms with van der Waals surface area (Å²) < 4.78 is 6.94. The maximum Gasteiger partial charge on any atom is 0.269 e. The van der Waals surface area contributed by atoms with Gasteiger partial charge >= 0.3 is 0 Å². The topological polar surface area (TPSA) is 207 Å². The molecule has 0 aliphatic carbocycles. The van der Waals surface area contributed by atoms with E-state index in [-0.39, 0.29) is 28.6 Å². The third-order valence-electron chi connectivity index (χ3n) is 4.76. The largest absolute Gasteiger partial charge is 0.394 e. The van der Waals surface area contributed by atoms with E-state index in [9.17, 15) is 25.4 Å². The van der Waals surface area contributed by atoms with Crippen molar-refractivity contribution in [2.24, 2.45) is 5.10 Å². The van der Waals surface area contributed by atoms with Crippen molar-refractivity contribution in [2.45, 2.75) is 24.5 Å². The van der Waals surface area contributed by atoms with E-state index in [1.54, 1.807) is 0 Å². The molecule has 4 rings (SSSR count). The zero-order valence-corrected chi connectivity index (χ0v) is 15.8. The van der Waals surface area contributed by atoms with Crippen LogP contribution in [0.15, 0.2) is 35.7 Å². The summed E-state index contributed by atoms with van der Waals surface area (Å²) in [6, 6.07) is 5.71. The summed E-state index contributed by atoms with van der Waals surface area (Å²) in [6.45, 7) is -0.500. The van der Waals surface area contributed by atoms with Crippen molar-refractivity contribution >= 4 is 34.8 Å². The number of aromatic nitrogens is 4. The molecule has 4 atom stereocenters. The molecule has 6 N–H and O–H groups in total. The van der Waals surface area contributed by atoms with Crippen LogP contribution in [0.2, 0.25) is 0 Å². The van der Waals surface area contributed by atoms with Gasteiger partial charge in [-0.3, -0.25) is 14.7 Å². The molecular formula is C17H18N8O6. The molecule has 162 valence electrons. The van der Waals surface area contributed by atoms with Gasteiger partial charge in [-0.1, -0.05) is 0 Å². The average Bonchev–Trinajstić information content (AvgIpc) is 3.26. The summed E-state index contributed by atoms with van der Waals surface area (Å²) in [6.07, 6.45) is -2.24. The predicted molar refractivity (Wildman–Crippen MR) is 107 cm³/mol. The van der Waals surface area contributed by atoms with E-state index in [0.29, 0.717) is 5.56 Å². The van der Waals surface area contributed by atoms with Gasteiger partial charge in [-0.2, -0.15) is 5.10 Å². The number of non-ortho nitro benzene ring substituents is 1. The molecule has 14 heteroatoms. The number of anilines is 2. The Morgan fingerprint density at radius 1 is 1.29 bits per heavy atom. The Bertz CT molecular complexity index is 1130. The number of hydrogen-bond donors (Lipinski definition) is 5. The lowest BCUT2D eigenvalue weighted by Gasteiger charge is -2.18. The van der Waals surface area contributed by atoms with Crippen molar-refractivity contribution in [3.05, 3.63) is 46.3 Å². The van der Waals surface area contributed by atoms with Gasteiger partial charge in [-0.15, -0.1) is 0 Å². The van der Waals surface area contributed by atoms with Crippen LogP contribution < -0.4 is 11.2 Å². The molecule has 0 saturated carbocycles. The molecule has 0 unspecified atom stereocenters. The number of nitrogens with two attached hydrogens (primary N) is 1. The fourth-order valence-corrected chi connectivity index (χ4v) is 3.19. The van der Waals surface area contributed by atoms with Crippen LogP contribution in [0.25, 0.3) is 11.2 Å². The van der Waals surface area contributed by atoms with Crippen LogP contribution in [-0.2, 0) is 4.74 Å². The molecule has 31 heavy (non-hydrogen) atoms. The molecule has 0 bridgehead atoms. The molecule has 0 radical (unpaired) electrons. The monoisotopic (exact) mass is 430 g/mol. The Balaban J connectivity index is 1.66. The maximum absolute atomic E-state index is 10.7. The molecule has 2 aromatic heterocycles. The Labute approximate surface area is 173 Å². The van der Waals surface area contributed by atoms with Crippen LogP contribution in [0, 0.1) is 10.1 Å². The first kappa shape index (κ1) is 20.5. The van der Waals surface area contributed by atoms with Crippen LogP contribution >= 0.6 is 0 Å². The quantitative estimate of drug-likeness (QED) is 0.189. The first-order chi connectivity index (χ1) is 14.9. The zero-order chi connectivity index (χ0) is 22.1. The van der Waals surface area contributed by atoms with Crippen molar-refractivity contribution in [1.82, 2.24) is 19.5 Å². The van der Waals surface area contributed by atoms with Gasteiger partial charge in [-0.05, 0) is 17.7 Å². The van der Waals surface area contributed by atoms with Gasteiger partial charge in [0.05, 0.1) is 17.7 Å². The molecule has 1 aromatic carbocycles. The minimum Gasteiger partial charge on any atom is -0.394 e.